The molecule has 0 saturated carbocycles. The number of thioether (sulfide) groups is 1. The number of Topliss-reactive ketones (excluding diaryl/α,β-unsaturated/α-hetero) is 1. The van der Waals surface area contributed by atoms with Gasteiger partial charge < -0.3 is 14.0 Å². The molecule has 0 radical (unpaired) electrons. The van der Waals surface area contributed by atoms with Gasteiger partial charge in [-0.3, -0.25) is 4.79 Å². The standard InChI is InChI=1S/C15H12N2O4S/c18-13(10-22-9-12-7-4-8-20-12)14-15(19)21-16-17(14)11-5-2-1-3-6-11/h1-8H,9-10H2. The number of hydrogen-bond acceptors (Lipinski definition) is 6. The van der Waals surface area contributed by atoms with Gasteiger partial charge in [-0.25, -0.2) is 0 Å². The first-order valence-electron chi connectivity index (χ1n) is 6.53. The molecule has 7 heteroatoms. The summed E-state index contributed by atoms with van der Waals surface area (Å²) in [6.07, 6.45) is 1.58. The minimum atomic E-state index is -0.729. The Labute approximate surface area is 130 Å². The van der Waals surface area contributed by atoms with E-state index in [1.807, 2.05) is 12.1 Å². The highest BCUT2D eigenvalue weighted by atomic mass is 32.2. The van der Waals surface area contributed by atoms with E-state index in [9.17, 15) is 9.90 Å². The van der Waals surface area contributed by atoms with Crippen molar-refractivity contribution in [1.82, 2.24) is 5.27 Å². The molecule has 2 aromatic heterocycles. The highest BCUT2D eigenvalue weighted by Gasteiger charge is 2.27. The zero-order chi connectivity index (χ0) is 15.4. The number of rotatable bonds is 6. The zero-order valence-electron chi connectivity index (χ0n) is 11.5. The molecule has 3 rings (SSSR count). The van der Waals surface area contributed by atoms with Gasteiger partial charge in [-0.15, -0.1) is 11.8 Å². The summed E-state index contributed by atoms with van der Waals surface area (Å²) in [7, 11) is 0. The van der Waals surface area contributed by atoms with Crippen LogP contribution in [0, 0.1) is 0 Å². The minimum absolute atomic E-state index is 0.0712. The summed E-state index contributed by atoms with van der Waals surface area (Å²) in [4.78, 5) is 12.3. The van der Waals surface area contributed by atoms with Crippen LogP contribution in [0.25, 0.3) is 5.69 Å². The van der Waals surface area contributed by atoms with Crippen molar-refractivity contribution in [3.05, 3.63) is 60.2 Å². The SMILES string of the molecule is O=C(CSCc1ccco1)c1c([O-])on[n+]1-c1ccccc1. The lowest BCUT2D eigenvalue weighted by Gasteiger charge is -1.98. The van der Waals surface area contributed by atoms with Crippen molar-refractivity contribution in [2.45, 2.75) is 5.75 Å². The first kappa shape index (κ1) is 14.4. The van der Waals surface area contributed by atoms with Gasteiger partial charge in [-0.2, -0.15) is 0 Å². The number of furan rings is 1. The first-order valence-corrected chi connectivity index (χ1v) is 7.69. The highest BCUT2D eigenvalue weighted by Crippen LogP contribution is 2.17. The van der Waals surface area contributed by atoms with E-state index in [-0.39, 0.29) is 17.2 Å². The van der Waals surface area contributed by atoms with Crippen molar-refractivity contribution in [3.8, 4) is 11.6 Å². The quantitative estimate of drug-likeness (QED) is 0.509. The number of aromatic nitrogens is 2. The van der Waals surface area contributed by atoms with Crippen molar-refractivity contribution in [3.63, 3.8) is 0 Å². The van der Waals surface area contributed by atoms with Crippen LogP contribution in [0.5, 0.6) is 5.95 Å². The zero-order valence-corrected chi connectivity index (χ0v) is 12.3. The fourth-order valence-corrected chi connectivity index (χ4v) is 2.72. The van der Waals surface area contributed by atoms with Crippen molar-refractivity contribution in [1.29, 1.82) is 0 Å². The van der Waals surface area contributed by atoms with E-state index in [0.717, 1.165) is 5.76 Å². The van der Waals surface area contributed by atoms with Gasteiger partial charge >= 0.3 is 5.69 Å². The van der Waals surface area contributed by atoms with Crippen LogP contribution in [-0.2, 0) is 5.75 Å². The number of hydrogen-bond donors (Lipinski definition) is 0. The van der Waals surface area contributed by atoms with Gasteiger partial charge in [0, 0.05) is 12.1 Å². The largest absolute Gasteiger partial charge is 0.539 e. The third-order valence-electron chi connectivity index (χ3n) is 2.93. The summed E-state index contributed by atoms with van der Waals surface area (Å²) < 4.78 is 11.1. The van der Waals surface area contributed by atoms with Gasteiger partial charge in [-0.05, 0) is 16.8 Å². The van der Waals surface area contributed by atoms with E-state index >= 15 is 0 Å². The van der Waals surface area contributed by atoms with Crippen LogP contribution < -0.4 is 9.79 Å². The summed E-state index contributed by atoms with van der Waals surface area (Å²) >= 11 is 1.36. The molecule has 0 aliphatic carbocycles. The van der Waals surface area contributed by atoms with E-state index in [0.29, 0.717) is 11.4 Å². The molecule has 0 bridgehead atoms. The van der Waals surface area contributed by atoms with Crippen LogP contribution in [-0.4, -0.2) is 16.8 Å². The Morgan fingerprint density at radius 1 is 1.23 bits per heavy atom. The van der Waals surface area contributed by atoms with Crippen LogP contribution in [0.15, 0.2) is 57.7 Å². The van der Waals surface area contributed by atoms with Gasteiger partial charge in [0.25, 0.3) is 0 Å². The van der Waals surface area contributed by atoms with Crippen LogP contribution >= 0.6 is 11.8 Å². The highest BCUT2D eigenvalue weighted by molar-refractivity contribution is 7.99. The lowest BCUT2D eigenvalue weighted by molar-refractivity contribution is -0.672. The molecule has 0 atom stereocenters. The van der Waals surface area contributed by atoms with Crippen molar-refractivity contribution in [2.75, 3.05) is 5.75 Å². The molecule has 0 spiro atoms. The average Bonchev–Trinajstić information content (AvgIpc) is 3.17. The van der Waals surface area contributed by atoms with Crippen molar-refractivity contribution in [2.24, 2.45) is 0 Å². The fourth-order valence-electron chi connectivity index (χ4n) is 1.93. The predicted octanol–water partition coefficient (Wildman–Crippen LogP) is 1.73. The second kappa shape index (κ2) is 6.48. The maximum atomic E-state index is 12.3. The molecule has 3 aromatic rings. The van der Waals surface area contributed by atoms with Crippen molar-refractivity contribution >= 4 is 17.5 Å². The van der Waals surface area contributed by atoms with Crippen LogP contribution in [0.4, 0.5) is 0 Å². The molecule has 0 amide bonds. The number of benzene rings is 1. The van der Waals surface area contributed by atoms with E-state index in [1.165, 1.54) is 16.4 Å². The van der Waals surface area contributed by atoms with E-state index in [1.54, 1.807) is 36.6 Å². The Hall–Kier alpha value is -2.54. The molecular formula is C15H12N2O4S. The summed E-state index contributed by atoms with van der Waals surface area (Å²) in [5.41, 5.74) is 0.533. The molecule has 1 aromatic carbocycles. The topological polar surface area (TPSA) is 83.2 Å². The number of nitrogens with zero attached hydrogens (tertiary/aromatic N) is 2. The molecule has 22 heavy (non-hydrogen) atoms. The normalized spacial score (nSPS) is 10.7. The molecule has 0 aliphatic rings. The first-order chi connectivity index (χ1) is 10.8. The van der Waals surface area contributed by atoms with E-state index < -0.39 is 5.95 Å². The lowest BCUT2D eigenvalue weighted by Crippen LogP contribution is -2.39. The van der Waals surface area contributed by atoms with Gasteiger partial charge in [0.05, 0.1) is 23.0 Å². The van der Waals surface area contributed by atoms with Gasteiger partial charge in [0.2, 0.25) is 11.5 Å². The number of para-hydroxylation sites is 1. The van der Waals surface area contributed by atoms with Gasteiger partial charge in [0.15, 0.2) is 5.95 Å². The Morgan fingerprint density at radius 3 is 2.77 bits per heavy atom. The van der Waals surface area contributed by atoms with Crippen molar-refractivity contribution < 1.29 is 23.5 Å². The molecule has 0 saturated heterocycles. The molecule has 0 fully saturated rings. The molecular weight excluding hydrogens is 304 g/mol. The third kappa shape index (κ3) is 3.04. The monoisotopic (exact) mass is 316 g/mol. The molecule has 0 unspecified atom stereocenters. The predicted molar refractivity (Wildman–Crippen MR) is 76.7 cm³/mol. The van der Waals surface area contributed by atoms with Crippen LogP contribution in [0.2, 0.25) is 0 Å². The minimum Gasteiger partial charge on any atom is -0.539 e. The second-order valence-electron chi connectivity index (χ2n) is 4.45. The molecule has 6 nitrogen and oxygen atoms in total. The smallest absolute Gasteiger partial charge is 0.307 e. The van der Waals surface area contributed by atoms with E-state index in [4.69, 9.17) is 4.42 Å². The maximum Gasteiger partial charge on any atom is 0.307 e. The Morgan fingerprint density at radius 2 is 2.05 bits per heavy atom. The maximum absolute atomic E-state index is 12.3. The van der Waals surface area contributed by atoms with Gasteiger partial charge in [-0.1, -0.05) is 18.2 Å². The summed E-state index contributed by atoms with van der Waals surface area (Å²) in [5.74, 6) is 0.425. The van der Waals surface area contributed by atoms with Gasteiger partial charge in [0.1, 0.15) is 5.76 Å². The number of carbonyl (C=O) groups excluding carboxylic acids is 1. The Balaban J connectivity index is 1.73. The third-order valence-corrected chi connectivity index (χ3v) is 3.89. The summed E-state index contributed by atoms with van der Waals surface area (Å²) in [5, 5.41) is 15.4. The average molecular weight is 316 g/mol. The summed E-state index contributed by atoms with van der Waals surface area (Å²) in [6, 6.07) is 12.5. The molecule has 0 N–H and O–H groups in total. The molecule has 112 valence electrons. The fraction of sp³-hybridized carbons (Fsp3) is 0.133. The van der Waals surface area contributed by atoms with Crippen LogP contribution in [0.3, 0.4) is 0 Å². The summed E-state index contributed by atoms with van der Waals surface area (Å²) in [6.45, 7) is 0. The molecule has 0 aliphatic heterocycles. The number of ketones is 1. The Kier molecular flexibility index (Phi) is 4.24. The van der Waals surface area contributed by atoms with E-state index in [2.05, 4.69) is 9.79 Å². The van der Waals surface area contributed by atoms with Crippen LogP contribution in [0.1, 0.15) is 16.2 Å². The molecule has 2 heterocycles. The number of carbonyl (C=O) groups is 1. The second-order valence-corrected chi connectivity index (χ2v) is 5.44. The lowest BCUT2D eigenvalue weighted by atomic mass is 10.3. The Bertz CT molecular complexity index is 753.